The third-order valence-corrected chi connectivity index (χ3v) is 1.99. The molecule has 0 atom stereocenters. The van der Waals surface area contributed by atoms with Gasteiger partial charge in [-0.25, -0.2) is 0 Å². The molecule has 2 aromatic rings. The molecule has 0 aliphatic rings. The molecule has 0 aliphatic heterocycles. The SMILES string of the molecule is CC(C)n1nc2ccc(C#N)cc2n1. The first-order chi connectivity index (χ1) is 6.70. The van der Waals surface area contributed by atoms with Crippen molar-refractivity contribution in [3.8, 4) is 6.07 Å². The Kier molecular flexibility index (Phi) is 1.93. The predicted molar refractivity (Wildman–Crippen MR) is 52.6 cm³/mol. The minimum Gasteiger partial charge on any atom is -0.192 e. The normalized spacial score (nSPS) is 10.7. The van der Waals surface area contributed by atoms with Crippen LogP contribution in [0.1, 0.15) is 25.5 Å². The first kappa shape index (κ1) is 8.70. The maximum atomic E-state index is 8.71. The van der Waals surface area contributed by atoms with Crippen molar-refractivity contribution >= 4 is 11.0 Å². The zero-order chi connectivity index (χ0) is 10.1. The first-order valence-electron chi connectivity index (χ1n) is 4.47. The lowest BCUT2D eigenvalue weighted by Gasteiger charge is -1.99. The van der Waals surface area contributed by atoms with Gasteiger partial charge in [-0.05, 0) is 32.0 Å². The Morgan fingerprint density at radius 1 is 1.29 bits per heavy atom. The molecule has 4 heteroatoms. The summed E-state index contributed by atoms with van der Waals surface area (Å²) >= 11 is 0. The summed E-state index contributed by atoms with van der Waals surface area (Å²) in [5.74, 6) is 0. The molecule has 14 heavy (non-hydrogen) atoms. The van der Waals surface area contributed by atoms with Crippen LogP contribution in [0.15, 0.2) is 18.2 Å². The summed E-state index contributed by atoms with van der Waals surface area (Å²) in [7, 11) is 0. The van der Waals surface area contributed by atoms with Crippen LogP contribution in [0.4, 0.5) is 0 Å². The van der Waals surface area contributed by atoms with Crippen molar-refractivity contribution in [2.24, 2.45) is 0 Å². The fraction of sp³-hybridized carbons (Fsp3) is 0.300. The van der Waals surface area contributed by atoms with Gasteiger partial charge in [0.25, 0.3) is 0 Å². The van der Waals surface area contributed by atoms with E-state index in [4.69, 9.17) is 5.26 Å². The Balaban J connectivity index is 2.61. The van der Waals surface area contributed by atoms with Crippen molar-refractivity contribution in [2.45, 2.75) is 19.9 Å². The van der Waals surface area contributed by atoms with Crippen LogP contribution in [0, 0.1) is 11.3 Å². The van der Waals surface area contributed by atoms with Gasteiger partial charge in [-0.3, -0.25) is 0 Å². The highest BCUT2D eigenvalue weighted by Crippen LogP contribution is 2.12. The van der Waals surface area contributed by atoms with Gasteiger partial charge in [0.15, 0.2) is 0 Å². The van der Waals surface area contributed by atoms with Gasteiger partial charge in [0.2, 0.25) is 0 Å². The van der Waals surface area contributed by atoms with E-state index < -0.39 is 0 Å². The summed E-state index contributed by atoms with van der Waals surface area (Å²) in [5, 5.41) is 17.3. The summed E-state index contributed by atoms with van der Waals surface area (Å²) in [6.45, 7) is 4.04. The number of hydrogen-bond acceptors (Lipinski definition) is 3. The minimum atomic E-state index is 0.243. The molecule has 1 heterocycles. The smallest absolute Gasteiger partial charge is 0.114 e. The van der Waals surface area contributed by atoms with Crippen LogP contribution in [0.5, 0.6) is 0 Å². The van der Waals surface area contributed by atoms with Crippen molar-refractivity contribution in [2.75, 3.05) is 0 Å². The molecule has 0 bridgehead atoms. The van der Waals surface area contributed by atoms with E-state index in [1.165, 1.54) is 0 Å². The summed E-state index contributed by atoms with van der Waals surface area (Å²) in [6, 6.07) is 7.65. The van der Waals surface area contributed by atoms with Crippen LogP contribution in [0.2, 0.25) is 0 Å². The molecule has 0 saturated heterocycles. The van der Waals surface area contributed by atoms with Crippen LogP contribution in [-0.2, 0) is 0 Å². The van der Waals surface area contributed by atoms with E-state index in [9.17, 15) is 0 Å². The molecule has 0 saturated carbocycles. The Morgan fingerprint density at radius 3 is 2.64 bits per heavy atom. The van der Waals surface area contributed by atoms with Crippen molar-refractivity contribution < 1.29 is 0 Å². The van der Waals surface area contributed by atoms with Gasteiger partial charge >= 0.3 is 0 Å². The van der Waals surface area contributed by atoms with E-state index in [2.05, 4.69) is 16.3 Å². The number of nitrogens with zero attached hydrogens (tertiary/aromatic N) is 4. The third kappa shape index (κ3) is 1.33. The van der Waals surface area contributed by atoms with Gasteiger partial charge in [-0.15, -0.1) is 0 Å². The summed E-state index contributed by atoms with van der Waals surface area (Å²) in [4.78, 5) is 1.66. The van der Waals surface area contributed by atoms with Crippen LogP contribution in [0.3, 0.4) is 0 Å². The fourth-order valence-electron chi connectivity index (χ4n) is 1.23. The topological polar surface area (TPSA) is 54.5 Å². The number of fused-ring (bicyclic) bond motifs is 1. The molecule has 70 valence electrons. The lowest BCUT2D eigenvalue weighted by Crippen LogP contribution is -2.03. The number of benzene rings is 1. The van der Waals surface area contributed by atoms with Crippen LogP contribution < -0.4 is 0 Å². The molecule has 4 nitrogen and oxygen atoms in total. The highest BCUT2D eigenvalue weighted by atomic mass is 15.5. The lowest BCUT2D eigenvalue weighted by molar-refractivity contribution is 0.472. The maximum absolute atomic E-state index is 8.71. The zero-order valence-corrected chi connectivity index (χ0v) is 8.10. The largest absolute Gasteiger partial charge is 0.192 e. The highest BCUT2D eigenvalue weighted by molar-refractivity contribution is 5.75. The summed E-state index contributed by atoms with van der Waals surface area (Å²) < 4.78 is 0. The molecular weight excluding hydrogens is 176 g/mol. The molecule has 0 unspecified atom stereocenters. The molecule has 0 spiro atoms. The number of hydrogen-bond donors (Lipinski definition) is 0. The van der Waals surface area contributed by atoms with Crippen LogP contribution in [0.25, 0.3) is 11.0 Å². The van der Waals surface area contributed by atoms with Crippen molar-refractivity contribution in [1.82, 2.24) is 15.0 Å². The lowest BCUT2D eigenvalue weighted by atomic mass is 10.2. The Labute approximate surface area is 81.8 Å². The van der Waals surface area contributed by atoms with Gasteiger partial charge in [0, 0.05) is 0 Å². The summed E-state index contributed by atoms with van der Waals surface area (Å²) in [6.07, 6.45) is 0. The second-order valence-corrected chi connectivity index (χ2v) is 3.43. The van der Waals surface area contributed by atoms with Gasteiger partial charge < -0.3 is 0 Å². The molecule has 0 aliphatic carbocycles. The second-order valence-electron chi connectivity index (χ2n) is 3.43. The van der Waals surface area contributed by atoms with Crippen molar-refractivity contribution in [3.05, 3.63) is 23.8 Å². The van der Waals surface area contributed by atoms with E-state index in [0.29, 0.717) is 5.56 Å². The standard InChI is InChI=1S/C10H10N4/c1-7(2)14-12-9-4-3-8(6-11)5-10(9)13-14/h3-5,7H,1-2H3. The Bertz CT molecular complexity index is 504. The van der Waals surface area contributed by atoms with Gasteiger partial charge in [-0.1, -0.05) is 0 Å². The van der Waals surface area contributed by atoms with E-state index in [1.807, 2.05) is 19.9 Å². The molecule has 0 amide bonds. The van der Waals surface area contributed by atoms with E-state index in [-0.39, 0.29) is 6.04 Å². The molecular formula is C10H10N4. The van der Waals surface area contributed by atoms with Gasteiger partial charge in [0.1, 0.15) is 11.0 Å². The molecule has 0 N–H and O–H groups in total. The fourth-order valence-corrected chi connectivity index (χ4v) is 1.23. The van der Waals surface area contributed by atoms with Crippen molar-refractivity contribution in [3.63, 3.8) is 0 Å². The average Bonchev–Trinajstić information content (AvgIpc) is 2.59. The number of aromatic nitrogens is 3. The second kappa shape index (κ2) is 3.11. The maximum Gasteiger partial charge on any atom is 0.114 e. The first-order valence-corrected chi connectivity index (χ1v) is 4.47. The van der Waals surface area contributed by atoms with E-state index in [1.54, 1.807) is 16.9 Å². The molecule has 0 fully saturated rings. The molecule has 1 aromatic heterocycles. The third-order valence-electron chi connectivity index (χ3n) is 1.99. The molecule has 1 aromatic carbocycles. The Hall–Kier alpha value is -1.89. The number of rotatable bonds is 1. The van der Waals surface area contributed by atoms with E-state index >= 15 is 0 Å². The predicted octanol–water partition coefficient (Wildman–Crippen LogP) is 1.88. The van der Waals surface area contributed by atoms with Gasteiger partial charge in [0.05, 0.1) is 17.7 Å². The molecule has 0 radical (unpaired) electrons. The monoisotopic (exact) mass is 186 g/mol. The Morgan fingerprint density at radius 2 is 2.00 bits per heavy atom. The minimum absolute atomic E-state index is 0.243. The zero-order valence-electron chi connectivity index (χ0n) is 8.10. The van der Waals surface area contributed by atoms with Crippen molar-refractivity contribution in [1.29, 1.82) is 5.26 Å². The van der Waals surface area contributed by atoms with Crippen LogP contribution >= 0.6 is 0 Å². The quantitative estimate of drug-likeness (QED) is 0.683. The average molecular weight is 186 g/mol. The summed E-state index contributed by atoms with van der Waals surface area (Å²) in [5.41, 5.74) is 2.23. The number of nitriles is 1. The van der Waals surface area contributed by atoms with Gasteiger partial charge in [-0.2, -0.15) is 20.3 Å². The molecule has 2 rings (SSSR count). The highest BCUT2D eigenvalue weighted by Gasteiger charge is 2.05. The van der Waals surface area contributed by atoms with Crippen LogP contribution in [-0.4, -0.2) is 15.0 Å². The van der Waals surface area contributed by atoms with E-state index in [0.717, 1.165) is 11.0 Å².